The second-order valence-corrected chi connectivity index (χ2v) is 8.62. The van der Waals surface area contributed by atoms with Crippen LogP contribution >= 0.6 is 0 Å². The van der Waals surface area contributed by atoms with Crippen molar-refractivity contribution < 1.29 is 19.4 Å². The number of hydrogen-bond acceptors (Lipinski definition) is 3. The van der Waals surface area contributed by atoms with Gasteiger partial charge < -0.3 is 19.3 Å². The molecule has 3 aliphatic rings. The molecule has 1 aromatic rings. The number of fused-ring (bicyclic) bond motifs is 1. The van der Waals surface area contributed by atoms with Gasteiger partial charge in [0.25, 0.3) is 5.91 Å². The van der Waals surface area contributed by atoms with Crippen LogP contribution in [0.1, 0.15) is 66.3 Å². The lowest BCUT2D eigenvalue weighted by molar-refractivity contribution is -0.157. The fourth-order valence-corrected chi connectivity index (χ4v) is 5.52. The molecule has 6 heteroatoms. The maximum Gasteiger partial charge on any atom is 0.311 e. The van der Waals surface area contributed by atoms with Crippen LogP contribution in [0.4, 0.5) is 0 Å². The SMILES string of the molecule is Cc1cc(C(=O)N2C[C@H]3COCC[C@@]3(C(=O)O)C2)c(C)n1C1CCCCC1. The maximum absolute atomic E-state index is 13.3. The Morgan fingerprint density at radius 1 is 1.22 bits per heavy atom. The van der Waals surface area contributed by atoms with Gasteiger partial charge in [0.2, 0.25) is 0 Å². The number of hydrogen-bond donors (Lipinski definition) is 1. The van der Waals surface area contributed by atoms with Gasteiger partial charge in [-0.3, -0.25) is 9.59 Å². The third kappa shape index (κ3) is 2.98. The first-order valence-electron chi connectivity index (χ1n) is 10.2. The Bertz CT molecular complexity index is 750. The summed E-state index contributed by atoms with van der Waals surface area (Å²) in [4.78, 5) is 27.1. The molecule has 1 saturated carbocycles. The first kappa shape index (κ1) is 18.5. The molecule has 1 aromatic heterocycles. The number of aryl methyl sites for hydroxylation is 1. The molecule has 148 valence electrons. The second-order valence-electron chi connectivity index (χ2n) is 8.62. The first-order chi connectivity index (χ1) is 12.9. The van der Waals surface area contributed by atoms with Crippen molar-refractivity contribution in [1.29, 1.82) is 0 Å². The van der Waals surface area contributed by atoms with Crippen molar-refractivity contribution in [2.45, 2.75) is 58.4 Å². The summed E-state index contributed by atoms with van der Waals surface area (Å²) in [7, 11) is 0. The van der Waals surface area contributed by atoms with Gasteiger partial charge in [0.05, 0.1) is 17.6 Å². The minimum absolute atomic E-state index is 0.0276. The van der Waals surface area contributed by atoms with Crippen LogP contribution in [-0.4, -0.2) is 52.8 Å². The Hall–Kier alpha value is -1.82. The van der Waals surface area contributed by atoms with Crippen molar-refractivity contribution in [1.82, 2.24) is 9.47 Å². The van der Waals surface area contributed by atoms with Crippen LogP contribution in [0, 0.1) is 25.2 Å². The topological polar surface area (TPSA) is 71.8 Å². The molecule has 0 bridgehead atoms. The molecule has 2 atom stereocenters. The van der Waals surface area contributed by atoms with Crippen molar-refractivity contribution in [2.75, 3.05) is 26.3 Å². The normalized spacial score (nSPS) is 29.0. The minimum atomic E-state index is -0.844. The number of carbonyl (C=O) groups excluding carboxylic acids is 1. The Morgan fingerprint density at radius 3 is 2.63 bits per heavy atom. The predicted molar refractivity (Wildman–Crippen MR) is 101 cm³/mol. The second kappa shape index (κ2) is 6.97. The number of carboxylic acid groups (broad SMARTS) is 1. The molecular formula is C21H30N2O4. The molecule has 27 heavy (non-hydrogen) atoms. The van der Waals surface area contributed by atoms with Crippen LogP contribution in [0.25, 0.3) is 0 Å². The molecule has 2 aliphatic heterocycles. The van der Waals surface area contributed by atoms with Gasteiger partial charge in [0.15, 0.2) is 0 Å². The van der Waals surface area contributed by atoms with E-state index in [2.05, 4.69) is 11.5 Å². The van der Waals surface area contributed by atoms with E-state index in [9.17, 15) is 14.7 Å². The number of nitrogens with zero attached hydrogens (tertiary/aromatic N) is 2. The Labute approximate surface area is 160 Å². The van der Waals surface area contributed by atoms with Crippen LogP contribution in [-0.2, 0) is 9.53 Å². The monoisotopic (exact) mass is 374 g/mol. The molecule has 3 heterocycles. The highest BCUT2D eigenvalue weighted by Crippen LogP contribution is 2.43. The van der Waals surface area contributed by atoms with E-state index in [1.807, 2.05) is 13.0 Å². The van der Waals surface area contributed by atoms with E-state index in [0.717, 1.165) is 17.0 Å². The molecular weight excluding hydrogens is 344 g/mol. The van der Waals surface area contributed by atoms with Gasteiger partial charge in [0, 0.05) is 43.0 Å². The van der Waals surface area contributed by atoms with Crippen molar-refractivity contribution >= 4 is 11.9 Å². The van der Waals surface area contributed by atoms with Crippen LogP contribution in [0.2, 0.25) is 0 Å². The smallest absolute Gasteiger partial charge is 0.311 e. The number of ether oxygens (including phenoxy) is 1. The van der Waals surface area contributed by atoms with Gasteiger partial charge in [-0.25, -0.2) is 0 Å². The molecule has 0 aromatic carbocycles. The molecule has 6 nitrogen and oxygen atoms in total. The van der Waals surface area contributed by atoms with Gasteiger partial charge in [-0.05, 0) is 39.2 Å². The zero-order chi connectivity index (χ0) is 19.2. The summed E-state index contributed by atoms with van der Waals surface area (Å²) in [5.74, 6) is -0.937. The Kier molecular flexibility index (Phi) is 4.78. The van der Waals surface area contributed by atoms with E-state index in [-0.39, 0.29) is 11.8 Å². The van der Waals surface area contributed by atoms with E-state index < -0.39 is 11.4 Å². The fraction of sp³-hybridized carbons (Fsp3) is 0.714. The van der Waals surface area contributed by atoms with E-state index in [1.165, 1.54) is 32.1 Å². The molecule has 1 aliphatic carbocycles. The zero-order valence-electron chi connectivity index (χ0n) is 16.4. The standard InChI is InChI=1S/C21H30N2O4/c1-14-10-18(15(2)23(14)17-6-4-3-5-7-17)19(24)22-11-16-12-27-9-8-21(16,13-22)20(25)26/h10,16-17H,3-9,11-13H2,1-2H3,(H,25,26)/t16-,21+/m0/s1. The van der Waals surface area contributed by atoms with Crippen LogP contribution in [0.5, 0.6) is 0 Å². The highest BCUT2D eigenvalue weighted by atomic mass is 16.5. The highest BCUT2D eigenvalue weighted by Gasteiger charge is 2.55. The molecule has 1 amide bonds. The number of carbonyl (C=O) groups is 2. The lowest BCUT2D eigenvalue weighted by Crippen LogP contribution is -2.45. The average molecular weight is 374 g/mol. The largest absolute Gasteiger partial charge is 0.481 e. The van der Waals surface area contributed by atoms with Gasteiger partial charge in [0.1, 0.15) is 0 Å². The third-order valence-electron chi connectivity index (χ3n) is 7.07. The van der Waals surface area contributed by atoms with E-state index in [4.69, 9.17) is 4.74 Å². The lowest BCUT2D eigenvalue weighted by Gasteiger charge is -2.33. The van der Waals surface area contributed by atoms with Gasteiger partial charge in [-0.15, -0.1) is 0 Å². The molecule has 1 N–H and O–H groups in total. The van der Waals surface area contributed by atoms with E-state index in [0.29, 0.717) is 38.8 Å². The number of aromatic nitrogens is 1. The Balaban J connectivity index is 1.59. The predicted octanol–water partition coefficient (Wildman–Crippen LogP) is 3.17. The molecule has 4 rings (SSSR count). The zero-order valence-corrected chi connectivity index (χ0v) is 16.4. The number of carboxylic acids is 1. The summed E-state index contributed by atoms with van der Waals surface area (Å²) < 4.78 is 7.85. The minimum Gasteiger partial charge on any atom is -0.481 e. The lowest BCUT2D eigenvalue weighted by atomic mass is 9.74. The van der Waals surface area contributed by atoms with Crippen molar-refractivity contribution in [3.05, 3.63) is 23.0 Å². The van der Waals surface area contributed by atoms with Crippen LogP contribution < -0.4 is 0 Å². The molecule has 0 radical (unpaired) electrons. The van der Waals surface area contributed by atoms with E-state index in [1.54, 1.807) is 4.90 Å². The highest BCUT2D eigenvalue weighted by molar-refractivity contribution is 5.96. The summed E-state index contributed by atoms with van der Waals surface area (Å²) in [6.45, 7) is 5.77. The number of aliphatic carboxylic acids is 1. The summed E-state index contributed by atoms with van der Waals surface area (Å²) in [5.41, 5.74) is 2.05. The summed E-state index contributed by atoms with van der Waals surface area (Å²) >= 11 is 0. The fourth-order valence-electron chi connectivity index (χ4n) is 5.52. The molecule has 3 fully saturated rings. The van der Waals surface area contributed by atoms with Gasteiger partial charge in [-0.2, -0.15) is 0 Å². The van der Waals surface area contributed by atoms with Gasteiger partial charge >= 0.3 is 5.97 Å². The summed E-state index contributed by atoms with van der Waals surface area (Å²) in [6.07, 6.45) is 6.64. The molecule has 0 unspecified atom stereocenters. The Morgan fingerprint density at radius 2 is 1.96 bits per heavy atom. The number of rotatable bonds is 3. The van der Waals surface area contributed by atoms with Crippen LogP contribution in [0.3, 0.4) is 0 Å². The van der Waals surface area contributed by atoms with E-state index >= 15 is 0 Å². The average Bonchev–Trinajstić information content (AvgIpc) is 3.20. The number of likely N-dealkylation sites (tertiary alicyclic amines) is 1. The van der Waals surface area contributed by atoms with Crippen molar-refractivity contribution in [3.63, 3.8) is 0 Å². The van der Waals surface area contributed by atoms with Crippen LogP contribution in [0.15, 0.2) is 6.07 Å². The summed E-state index contributed by atoms with van der Waals surface area (Å²) in [6, 6.07) is 2.48. The maximum atomic E-state index is 13.3. The van der Waals surface area contributed by atoms with Crippen molar-refractivity contribution in [2.24, 2.45) is 11.3 Å². The molecule has 0 spiro atoms. The number of amides is 1. The van der Waals surface area contributed by atoms with Crippen molar-refractivity contribution in [3.8, 4) is 0 Å². The van der Waals surface area contributed by atoms with Gasteiger partial charge in [-0.1, -0.05) is 19.3 Å². The molecule has 2 saturated heterocycles. The quantitative estimate of drug-likeness (QED) is 0.882. The first-order valence-corrected chi connectivity index (χ1v) is 10.2. The summed E-state index contributed by atoms with van der Waals surface area (Å²) in [5, 5.41) is 9.84. The third-order valence-corrected chi connectivity index (χ3v) is 7.07.